The molecule has 2 rings (SSSR count). The van der Waals surface area contributed by atoms with Crippen LogP contribution in [-0.2, 0) is 6.42 Å². The number of nitrogens with zero attached hydrogens (tertiary/aromatic N) is 1. The molecule has 2 N–H and O–H groups in total. The SMILES string of the molecule is NCCc1cc2c(c([N+](=O)[O-])c1)OCO2. The van der Waals surface area contributed by atoms with E-state index in [2.05, 4.69) is 0 Å². The highest BCUT2D eigenvalue weighted by Gasteiger charge is 2.26. The van der Waals surface area contributed by atoms with E-state index in [0.717, 1.165) is 5.56 Å². The summed E-state index contributed by atoms with van der Waals surface area (Å²) in [5.41, 5.74) is 6.11. The Morgan fingerprint density at radius 1 is 1.47 bits per heavy atom. The first kappa shape index (κ1) is 9.72. The van der Waals surface area contributed by atoms with Crippen molar-refractivity contribution in [2.75, 3.05) is 13.3 Å². The molecular weight excluding hydrogens is 200 g/mol. The fourth-order valence-corrected chi connectivity index (χ4v) is 1.49. The lowest BCUT2D eigenvalue weighted by molar-refractivity contribution is -0.385. The Labute approximate surface area is 85.7 Å². The van der Waals surface area contributed by atoms with Gasteiger partial charge in [-0.25, -0.2) is 0 Å². The van der Waals surface area contributed by atoms with E-state index in [-0.39, 0.29) is 18.2 Å². The lowest BCUT2D eigenvalue weighted by atomic mass is 10.1. The van der Waals surface area contributed by atoms with Gasteiger partial charge in [-0.1, -0.05) is 0 Å². The quantitative estimate of drug-likeness (QED) is 0.589. The first-order valence-corrected chi connectivity index (χ1v) is 4.49. The molecule has 0 fully saturated rings. The van der Waals surface area contributed by atoms with E-state index in [1.54, 1.807) is 6.07 Å². The molecule has 0 bridgehead atoms. The van der Waals surface area contributed by atoms with E-state index in [1.807, 2.05) is 0 Å². The average molecular weight is 210 g/mol. The molecule has 1 aliphatic heterocycles. The van der Waals surface area contributed by atoms with Crippen LogP contribution in [-0.4, -0.2) is 18.3 Å². The molecule has 1 aromatic carbocycles. The standard InChI is InChI=1S/C9H10N2O4/c10-2-1-6-3-7(11(12)13)9-8(4-6)14-5-15-9/h3-4H,1-2,5,10H2. The van der Waals surface area contributed by atoms with Gasteiger partial charge in [0, 0.05) is 6.07 Å². The largest absolute Gasteiger partial charge is 0.453 e. The number of hydrogen-bond donors (Lipinski definition) is 1. The summed E-state index contributed by atoms with van der Waals surface area (Å²) in [5, 5.41) is 10.8. The number of hydrogen-bond acceptors (Lipinski definition) is 5. The Bertz CT molecular complexity index is 405. The van der Waals surface area contributed by atoms with Crippen molar-refractivity contribution in [1.82, 2.24) is 0 Å². The van der Waals surface area contributed by atoms with Crippen LogP contribution < -0.4 is 15.2 Å². The van der Waals surface area contributed by atoms with Crippen LogP contribution in [0.25, 0.3) is 0 Å². The lowest BCUT2D eigenvalue weighted by Crippen LogP contribution is -2.03. The number of nitro benzene ring substituents is 1. The van der Waals surface area contributed by atoms with Crippen LogP contribution >= 0.6 is 0 Å². The number of fused-ring (bicyclic) bond motifs is 1. The van der Waals surface area contributed by atoms with E-state index in [4.69, 9.17) is 15.2 Å². The Morgan fingerprint density at radius 3 is 2.93 bits per heavy atom. The van der Waals surface area contributed by atoms with Crippen molar-refractivity contribution in [3.63, 3.8) is 0 Å². The van der Waals surface area contributed by atoms with Crippen LogP contribution in [0.3, 0.4) is 0 Å². The molecule has 15 heavy (non-hydrogen) atoms. The number of rotatable bonds is 3. The van der Waals surface area contributed by atoms with E-state index in [0.29, 0.717) is 18.7 Å². The van der Waals surface area contributed by atoms with Crippen molar-refractivity contribution in [1.29, 1.82) is 0 Å². The third-order valence-corrected chi connectivity index (χ3v) is 2.14. The molecule has 1 aromatic rings. The summed E-state index contributed by atoms with van der Waals surface area (Å²) in [6.07, 6.45) is 0.581. The summed E-state index contributed by atoms with van der Waals surface area (Å²) in [6.45, 7) is 0.471. The molecule has 0 atom stereocenters. The molecule has 0 aromatic heterocycles. The number of ether oxygens (including phenoxy) is 2. The van der Waals surface area contributed by atoms with Gasteiger partial charge in [-0.15, -0.1) is 0 Å². The molecule has 0 aliphatic carbocycles. The molecule has 6 heteroatoms. The maximum absolute atomic E-state index is 10.8. The van der Waals surface area contributed by atoms with Gasteiger partial charge in [0.2, 0.25) is 12.5 Å². The summed E-state index contributed by atoms with van der Waals surface area (Å²) >= 11 is 0. The number of nitrogens with two attached hydrogens (primary N) is 1. The Morgan fingerprint density at radius 2 is 2.27 bits per heavy atom. The predicted molar refractivity (Wildman–Crippen MR) is 52.0 cm³/mol. The fourth-order valence-electron chi connectivity index (χ4n) is 1.49. The van der Waals surface area contributed by atoms with E-state index in [9.17, 15) is 10.1 Å². The van der Waals surface area contributed by atoms with Crippen LogP contribution in [0.1, 0.15) is 5.56 Å². The molecule has 0 spiro atoms. The van der Waals surface area contributed by atoms with Gasteiger partial charge in [0.1, 0.15) is 0 Å². The van der Waals surface area contributed by atoms with Crippen LogP contribution in [0.2, 0.25) is 0 Å². The minimum atomic E-state index is -0.479. The van der Waals surface area contributed by atoms with Crippen LogP contribution in [0.15, 0.2) is 12.1 Å². The van der Waals surface area contributed by atoms with Gasteiger partial charge in [-0.3, -0.25) is 10.1 Å². The maximum Gasteiger partial charge on any atom is 0.315 e. The molecule has 0 saturated heterocycles. The van der Waals surface area contributed by atoms with Crippen molar-refractivity contribution in [2.45, 2.75) is 6.42 Å². The van der Waals surface area contributed by atoms with Crippen molar-refractivity contribution in [3.8, 4) is 11.5 Å². The lowest BCUT2D eigenvalue weighted by Gasteiger charge is -2.02. The van der Waals surface area contributed by atoms with Gasteiger partial charge in [0.25, 0.3) is 0 Å². The minimum Gasteiger partial charge on any atom is -0.453 e. The van der Waals surface area contributed by atoms with Crippen LogP contribution in [0.5, 0.6) is 11.5 Å². The molecule has 80 valence electrons. The molecule has 0 unspecified atom stereocenters. The van der Waals surface area contributed by atoms with E-state index in [1.165, 1.54) is 6.07 Å². The Kier molecular flexibility index (Phi) is 2.42. The fraction of sp³-hybridized carbons (Fsp3) is 0.333. The second kappa shape index (κ2) is 3.74. The third-order valence-electron chi connectivity index (χ3n) is 2.14. The summed E-state index contributed by atoms with van der Waals surface area (Å²) in [6, 6.07) is 3.20. The summed E-state index contributed by atoms with van der Waals surface area (Å²) in [5.74, 6) is 0.633. The Balaban J connectivity index is 2.47. The Hall–Kier alpha value is -1.82. The highest BCUT2D eigenvalue weighted by Crippen LogP contribution is 2.41. The summed E-state index contributed by atoms with van der Waals surface area (Å²) in [7, 11) is 0. The minimum absolute atomic E-state index is 0.0300. The zero-order valence-electron chi connectivity index (χ0n) is 7.93. The zero-order valence-corrected chi connectivity index (χ0v) is 7.93. The molecule has 0 saturated carbocycles. The van der Waals surface area contributed by atoms with Crippen molar-refractivity contribution >= 4 is 5.69 Å². The highest BCUT2D eigenvalue weighted by atomic mass is 16.7. The van der Waals surface area contributed by atoms with Gasteiger partial charge in [-0.05, 0) is 24.6 Å². The average Bonchev–Trinajstić information content (AvgIpc) is 2.64. The predicted octanol–water partition coefficient (Wildman–Crippen LogP) is 0.825. The van der Waals surface area contributed by atoms with Gasteiger partial charge in [0.15, 0.2) is 5.75 Å². The van der Waals surface area contributed by atoms with Crippen molar-refractivity contribution in [2.24, 2.45) is 5.73 Å². The van der Waals surface area contributed by atoms with Gasteiger partial charge >= 0.3 is 5.69 Å². The maximum atomic E-state index is 10.8. The molecule has 0 amide bonds. The van der Waals surface area contributed by atoms with Crippen molar-refractivity contribution < 1.29 is 14.4 Å². The highest BCUT2D eigenvalue weighted by molar-refractivity contribution is 5.59. The number of benzene rings is 1. The monoisotopic (exact) mass is 210 g/mol. The zero-order chi connectivity index (χ0) is 10.8. The van der Waals surface area contributed by atoms with E-state index >= 15 is 0 Å². The van der Waals surface area contributed by atoms with E-state index < -0.39 is 4.92 Å². The van der Waals surface area contributed by atoms with Gasteiger partial charge in [0.05, 0.1) is 4.92 Å². The first-order chi connectivity index (χ1) is 7.22. The van der Waals surface area contributed by atoms with Crippen LogP contribution in [0, 0.1) is 10.1 Å². The summed E-state index contributed by atoms with van der Waals surface area (Å²) in [4.78, 5) is 10.3. The number of nitro groups is 1. The molecule has 1 heterocycles. The van der Waals surface area contributed by atoms with Gasteiger partial charge < -0.3 is 15.2 Å². The normalized spacial score (nSPS) is 12.9. The molecule has 0 radical (unpaired) electrons. The second-order valence-electron chi connectivity index (χ2n) is 3.14. The topological polar surface area (TPSA) is 87.6 Å². The second-order valence-corrected chi connectivity index (χ2v) is 3.14. The molecular formula is C9H10N2O4. The van der Waals surface area contributed by atoms with Gasteiger partial charge in [-0.2, -0.15) is 0 Å². The van der Waals surface area contributed by atoms with Crippen molar-refractivity contribution in [3.05, 3.63) is 27.8 Å². The smallest absolute Gasteiger partial charge is 0.315 e. The molecule has 1 aliphatic rings. The molecule has 6 nitrogen and oxygen atoms in total. The first-order valence-electron chi connectivity index (χ1n) is 4.49. The van der Waals surface area contributed by atoms with Crippen LogP contribution in [0.4, 0.5) is 5.69 Å². The third kappa shape index (κ3) is 1.71. The summed E-state index contributed by atoms with van der Waals surface area (Å²) < 4.78 is 10.1.